The number of hydrogen-bond donors (Lipinski definition) is 1. The molecule has 90 valence electrons. The summed E-state index contributed by atoms with van der Waals surface area (Å²) < 4.78 is 25.7. The van der Waals surface area contributed by atoms with Crippen LogP contribution in [0.25, 0.3) is 0 Å². The number of sulfonamides is 1. The molecule has 0 aromatic heterocycles. The second-order valence-electron chi connectivity index (χ2n) is 4.14. The summed E-state index contributed by atoms with van der Waals surface area (Å²) >= 11 is 0. The Kier molecular flexibility index (Phi) is 3.80. The summed E-state index contributed by atoms with van der Waals surface area (Å²) in [4.78, 5) is 1.96. The number of benzene rings is 1. The van der Waals surface area contributed by atoms with Gasteiger partial charge in [0.05, 0.1) is 5.25 Å². The van der Waals surface area contributed by atoms with E-state index in [2.05, 4.69) is 4.72 Å². The number of anilines is 2. The summed E-state index contributed by atoms with van der Waals surface area (Å²) in [5, 5.41) is -0.430. The first-order valence-corrected chi connectivity index (χ1v) is 6.66. The SMILES string of the molecule is CC(C)S(=O)(=O)Nc1ccc(N(C)C)cc1. The van der Waals surface area contributed by atoms with Gasteiger partial charge in [0.25, 0.3) is 0 Å². The van der Waals surface area contributed by atoms with Gasteiger partial charge in [0.1, 0.15) is 0 Å². The van der Waals surface area contributed by atoms with E-state index in [-0.39, 0.29) is 0 Å². The van der Waals surface area contributed by atoms with Gasteiger partial charge in [0, 0.05) is 25.5 Å². The molecule has 0 aliphatic rings. The number of hydrogen-bond acceptors (Lipinski definition) is 3. The van der Waals surface area contributed by atoms with E-state index in [0.717, 1.165) is 5.69 Å². The van der Waals surface area contributed by atoms with Crippen molar-refractivity contribution in [3.63, 3.8) is 0 Å². The molecular weight excluding hydrogens is 224 g/mol. The quantitative estimate of drug-likeness (QED) is 0.877. The predicted octanol–water partition coefficient (Wildman–Crippen LogP) is 1.90. The third kappa shape index (κ3) is 3.13. The first-order chi connectivity index (χ1) is 7.33. The zero-order valence-corrected chi connectivity index (χ0v) is 10.9. The van der Waals surface area contributed by atoms with Crippen LogP contribution in [0.15, 0.2) is 24.3 Å². The highest BCUT2D eigenvalue weighted by atomic mass is 32.2. The molecule has 16 heavy (non-hydrogen) atoms. The zero-order chi connectivity index (χ0) is 12.3. The van der Waals surface area contributed by atoms with Crippen LogP contribution in [0.3, 0.4) is 0 Å². The molecule has 4 nitrogen and oxygen atoms in total. The van der Waals surface area contributed by atoms with E-state index in [4.69, 9.17) is 0 Å². The lowest BCUT2D eigenvalue weighted by Gasteiger charge is -2.14. The molecule has 0 radical (unpaired) electrons. The van der Waals surface area contributed by atoms with Crippen LogP contribution >= 0.6 is 0 Å². The number of rotatable bonds is 4. The lowest BCUT2D eigenvalue weighted by Crippen LogP contribution is -2.22. The summed E-state index contributed by atoms with van der Waals surface area (Å²) in [7, 11) is 0.628. The van der Waals surface area contributed by atoms with Crippen molar-refractivity contribution in [1.82, 2.24) is 0 Å². The minimum atomic E-state index is -3.25. The molecule has 0 aliphatic carbocycles. The van der Waals surface area contributed by atoms with Gasteiger partial charge in [-0.3, -0.25) is 4.72 Å². The molecule has 0 spiro atoms. The molecule has 1 aromatic rings. The van der Waals surface area contributed by atoms with Gasteiger partial charge in [-0.25, -0.2) is 8.42 Å². The van der Waals surface area contributed by atoms with Crippen LogP contribution in [0.2, 0.25) is 0 Å². The van der Waals surface area contributed by atoms with Gasteiger partial charge in [-0.2, -0.15) is 0 Å². The normalized spacial score (nSPS) is 11.6. The summed E-state index contributed by atoms with van der Waals surface area (Å²) in [5.41, 5.74) is 1.63. The summed E-state index contributed by atoms with van der Waals surface area (Å²) in [6.07, 6.45) is 0. The molecule has 0 amide bonds. The minimum absolute atomic E-state index is 0.430. The molecule has 1 N–H and O–H groups in total. The molecule has 0 saturated carbocycles. The number of nitrogens with zero attached hydrogens (tertiary/aromatic N) is 1. The highest BCUT2D eigenvalue weighted by Crippen LogP contribution is 2.17. The van der Waals surface area contributed by atoms with Crippen molar-refractivity contribution < 1.29 is 8.42 Å². The standard InChI is InChI=1S/C11H18N2O2S/c1-9(2)16(14,15)12-10-5-7-11(8-6-10)13(3)4/h5-9,12H,1-4H3. The van der Waals surface area contributed by atoms with Crippen LogP contribution in [0.4, 0.5) is 11.4 Å². The number of nitrogens with one attached hydrogen (secondary N) is 1. The van der Waals surface area contributed by atoms with Gasteiger partial charge in [-0.05, 0) is 38.1 Å². The Morgan fingerprint density at radius 1 is 1.12 bits per heavy atom. The van der Waals surface area contributed by atoms with Gasteiger partial charge in [0.15, 0.2) is 0 Å². The van der Waals surface area contributed by atoms with Gasteiger partial charge in [-0.1, -0.05) is 0 Å². The third-order valence-electron chi connectivity index (χ3n) is 2.26. The lowest BCUT2D eigenvalue weighted by molar-refractivity contribution is 0.593. The maximum atomic E-state index is 11.6. The second-order valence-corrected chi connectivity index (χ2v) is 6.37. The fourth-order valence-electron chi connectivity index (χ4n) is 1.11. The molecular formula is C11H18N2O2S. The molecule has 0 aliphatic heterocycles. The van der Waals surface area contributed by atoms with Gasteiger partial charge in [-0.15, -0.1) is 0 Å². The Bertz CT molecular complexity index is 436. The molecule has 5 heteroatoms. The molecule has 0 fully saturated rings. The molecule has 1 aromatic carbocycles. The Morgan fingerprint density at radius 2 is 1.62 bits per heavy atom. The van der Waals surface area contributed by atoms with Crippen molar-refractivity contribution in [3.05, 3.63) is 24.3 Å². The summed E-state index contributed by atoms with van der Waals surface area (Å²) in [6.45, 7) is 3.30. The van der Waals surface area contributed by atoms with Crippen molar-refractivity contribution in [1.29, 1.82) is 0 Å². The van der Waals surface area contributed by atoms with Crippen LogP contribution in [-0.2, 0) is 10.0 Å². The summed E-state index contributed by atoms with van der Waals surface area (Å²) in [5.74, 6) is 0. The monoisotopic (exact) mass is 242 g/mol. The van der Waals surface area contributed by atoms with E-state index >= 15 is 0 Å². The molecule has 0 atom stereocenters. The molecule has 0 unspecified atom stereocenters. The van der Waals surface area contributed by atoms with Crippen LogP contribution in [-0.4, -0.2) is 27.8 Å². The van der Waals surface area contributed by atoms with Crippen molar-refractivity contribution in [2.24, 2.45) is 0 Å². The smallest absolute Gasteiger partial charge is 0.235 e. The zero-order valence-electron chi connectivity index (χ0n) is 10.1. The molecule has 0 saturated heterocycles. The van der Waals surface area contributed by atoms with E-state index in [9.17, 15) is 8.42 Å². The first kappa shape index (κ1) is 12.8. The Labute approximate surface area is 97.3 Å². The lowest BCUT2D eigenvalue weighted by atomic mass is 10.3. The van der Waals surface area contributed by atoms with Crippen LogP contribution in [0, 0.1) is 0 Å². The van der Waals surface area contributed by atoms with Crippen LogP contribution in [0.1, 0.15) is 13.8 Å². The Balaban J connectivity index is 2.85. The second kappa shape index (κ2) is 4.74. The maximum Gasteiger partial charge on any atom is 0.235 e. The molecule has 0 bridgehead atoms. The van der Waals surface area contributed by atoms with Crippen molar-refractivity contribution in [2.75, 3.05) is 23.7 Å². The predicted molar refractivity (Wildman–Crippen MR) is 68.4 cm³/mol. The van der Waals surface area contributed by atoms with Gasteiger partial charge in [0.2, 0.25) is 10.0 Å². The van der Waals surface area contributed by atoms with Crippen molar-refractivity contribution >= 4 is 21.4 Å². The Hall–Kier alpha value is -1.23. The molecule has 0 heterocycles. The van der Waals surface area contributed by atoms with Crippen LogP contribution in [0.5, 0.6) is 0 Å². The Morgan fingerprint density at radius 3 is 2.00 bits per heavy atom. The summed E-state index contributed by atoms with van der Waals surface area (Å²) in [6, 6.07) is 7.26. The van der Waals surface area contributed by atoms with E-state index in [1.54, 1.807) is 26.0 Å². The van der Waals surface area contributed by atoms with Crippen molar-refractivity contribution in [2.45, 2.75) is 19.1 Å². The molecule has 1 rings (SSSR count). The van der Waals surface area contributed by atoms with Gasteiger partial charge < -0.3 is 4.90 Å². The fraction of sp³-hybridized carbons (Fsp3) is 0.455. The average molecular weight is 242 g/mol. The first-order valence-electron chi connectivity index (χ1n) is 5.12. The topological polar surface area (TPSA) is 49.4 Å². The van der Waals surface area contributed by atoms with E-state index in [0.29, 0.717) is 5.69 Å². The van der Waals surface area contributed by atoms with Crippen LogP contribution < -0.4 is 9.62 Å². The van der Waals surface area contributed by atoms with E-state index < -0.39 is 15.3 Å². The van der Waals surface area contributed by atoms with Crippen molar-refractivity contribution in [3.8, 4) is 0 Å². The third-order valence-corrected chi connectivity index (χ3v) is 4.03. The highest BCUT2D eigenvalue weighted by Gasteiger charge is 2.15. The van der Waals surface area contributed by atoms with E-state index in [1.807, 2.05) is 31.1 Å². The fourth-order valence-corrected chi connectivity index (χ4v) is 1.81. The van der Waals surface area contributed by atoms with Gasteiger partial charge >= 0.3 is 0 Å². The average Bonchev–Trinajstić information content (AvgIpc) is 2.17. The largest absolute Gasteiger partial charge is 0.378 e. The highest BCUT2D eigenvalue weighted by molar-refractivity contribution is 7.93. The van der Waals surface area contributed by atoms with E-state index in [1.165, 1.54) is 0 Å². The minimum Gasteiger partial charge on any atom is -0.378 e. The maximum absolute atomic E-state index is 11.6.